The molecule has 8 heteroatoms. The zero-order chi connectivity index (χ0) is 16.2. The molecule has 0 heterocycles. The Balaban J connectivity index is 2.80. The molecule has 0 radical (unpaired) electrons. The Bertz CT molecular complexity index is 550. The van der Waals surface area contributed by atoms with E-state index in [0.717, 1.165) is 12.1 Å². The van der Waals surface area contributed by atoms with Crippen LogP contribution in [0.1, 0.15) is 24.2 Å². The first-order chi connectivity index (χ1) is 9.73. The number of non-ortho nitro benzene ring substituents is 1. The minimum absolute atomic E-state index is 0.00284. The number of carbonyl (C=O) groups excluding carboxylic acids is 1. The van der Waals surface area contributed by atoms with Crippen molar-refractivity contribution in [2.24, 2.45) is 0 Å². The summed E-state index contributed by atoms with van der Waals surface area (Å²) in [6.07, 6.45) is 0. The zero-order valence-electron chi connectivity index (χ0n) is 12.0. The number of nitrogens with one attached hydrogen (secondary N) is 1. The van der Waals surface area contributed by atoms with Gasteiger partial charge in [0.25, 0.3) is 11.6 Å². The number of nitrogens with zero attached hydrogens (tertiary/aromatic N) is 2. The summed E-state index contributed by atoms with van der Waals surface area (Å²) in [5.74, 6) is -0.484. The molecule has 0 unspecified atom stereocenters. The van der Waals surface area contributed by atoms with Gasteiger partial charge in [-0.2, -0.15) is 0 Å². The Morgan fingerprint density at radius 2 is 2.05 bits per heavy atom. The standard InChI is InChI=1S/C13H17Cl2N3O3/c1-8(2)17(3)5-4-16-13(19)10-6-9(18(20)21)7-11(14)12(10)15/h6-8H,4-5H2,1-3H3,(H,16,19). The SMILES string of the molecule is CC(C)N(C)CCNC(=O)c1cc([N+](=O)[O-])cc(Cl)c1Cl. The van der Waals surface area contributed by atoms with E-state index in [9.17, 15) is 14.9 Å². The highest BCUT2D eigenvalue weighted by atomic mass is 35.5. The second-order valence-electron chi connectivity index (χ2n) is 4.88. The second-order valence-corrected chi connectivity index (χ2v) is 5.66. The van der Waals surface area contributed by atoms with Gasteiger partial charge in [0, 0.05) is 31.3 Å². The third kappa shape index (κ3) is 4.84. The third-order valence-corrected chi connectivity index (χ3v) is 3.90. The summed E-state index contributed by atoms with van der Waals surface area (Å²) in [5.41, 5.74) is -0.267. The maximum Gasteiger partial charge on any atom is 0.271 e. The quantitative estimate of drug-likeness (QED) is 0.641. The van der Waals surface area contributed by atoms with E-state index in [1.165, 1.54) is 0 Å². The molecule has 1 aromatic rings. The molecule has 21 heavy (non-hydrogen) atoms. The van der Waals surface area contributed by atoms with Gasteiger partial charge in [-0.15, -0.1) is 0 Å². The Hall–Kier alpha value is -1.37. The molecular formula is C13H17Cl2N3O3. The molecule has 0 bridgehead atoms. The molecule has 0 aromatic heterocycles. The topological polar surface area (TPSA) is 75.5 Å². The molecule has 0 fully saturated rings. The van der Waals surface area contributed by atoms with Gasteiger partial charge >= 0.3 is 0 Å². The molecule has 116 valence electrons. The van der Waals surface area contributed by atoms with Crippen LogP contribution in [-0.4, -0.2) is 41.9 Å². The van der Waals surface area contributed by atoms with Crippen LogP contribution in [0.25, 0.3) is 0 Å². The summed E-state index contributed by atoms with van der Waals surface area (Å²) in [7, 11) is 1.94. The van der Waals surface area contributed by atoms with Gasteiger partial charge in [-0.3, -0.25) is 14.9 Å². The molecule has 0 saturated heterocycles. The van der Waals surface area contributed by atoms with Crippen LogP contribution in [0.4, 0.5) is 5.69 Å². The van der Waals surface area contributed by atoms with E-state index in [1.54, 1.807) is 0 Å². The van der Waals surface area contributed by atoms with Crippen molar-refractivity contribution in [2.45, 2.75) is 19.9 Å². The summed E-state index contributed by atoms with van der Waals surface area (Å²) in [6, 6.07) is 2.60. The molecule has 0 aliphatic rings. The van der Waals surface area contributed by atoms with E-state index in [2.05, 4.69) is 10.2 Å². The number of halogens is 2. The summed E-state index contributed by atoms with van der Waals surface area (Å²) in [4.78, 5) is 24.3. The number of nitro benzene ring substituents is 1. The lowest BCUT2D eigenvalue weighted by Gasteiger charge is -2.20. The number of hydrogen-bond donors (Lipinski definition) is 1. The van der Waals surface area contributed by atoms with E-state index in [1.807, 2.05) is 20.9 Å². The fourth-order valence-corrected chi connectivity index (χ4v) is 1.95. The first-order valence-corrected chi connectivity index (χ1v) is 7.11. The lowest BCUT2D eigenvalue weighted by Crippen LogP contribution is -2.36. The van der Waals surface area contributed by atoms with Gasteiger partial charge in [0.05, 0.1) is 20.5 Å². The maximum atomic E-state index is 12.0. The van der Waals surface area contributed by atoms with Crippen molar-refractivity contribution in [3.05, 3.63) is 37.9 Å². The average Bonchev–Trinajstić information content (AvgIpc) is 2.40. The van der Waals surface area contributed by atoms with Crippen LogP contribution in [-0.2, 0) is 0 Å². The zero-order valence-corrected chi connectivity index (χ0v) is 13.5. The minimum atomic E-state index is -0.620. The second kappa shape index (κ2) is 7.59. The molecule has 0 atom stereocenters. The van der Waals surface area contributed by atoms with E-state index in [4.69, 9.17) is 23.2 Å². The average molecular weight is 334 g/mol. The van der Waals surface area contributed by atoms with Crippen molar-refractivity contribution < 1.29 is 9.72 Å². The van der Waals surface area contributed by atoms with Crippen molar-refractivity contribution in [1.29, 1.82) is 0 Å². The van der Waals surface area contributed by atoms with Gasteiger partial charge in [-0.25, -0.2) is 0 Å². The molecule has 0 aliphatic heterocycles. The van der Waals surface area contributed by atoms with Gasteiger partial charge in [0.1, 0.15) is 0 Å². The lowest BCUT2D eigenvalue weighted by atomic mass is 10.2. The largest absolute Gasteiger partial charge is 0.351 e. The highest BCUT2D eigenvalue weighted by Gasteiger charge is 2.19. The molecular weight excluding hydrogens is 317 g/mol. The monoisotopic (exact) mass is 333 g/mol. The van der Waals surface area contributed by atoms with Gasteiger partial charge in [-0.1, -0.05) is 23.2 Å². The van der Waals surface area contributed by atoms with Crippen LogP contribution >= 0.6 is 23.2 Å². The van der Waals surface area contributed by atoms with E-state index in [0.29, 0.717) is 19.1 Å². The number of amides is 1. The van der Waals surface area contributed by atoms with Crippen LogP contribution in [0.2, 0.25) is 10.0 Å². The summed E-state index contributed by atoms with van der Waals surface area (Å²) >= 11 is 11.7. The Morgan fingerprint density at radius 1 is 1.43 bits per heavy atom. The summed E-state index contributed by atoms with van der Waals surface area (Å²) in [5, 5.41) is 13.4. The van der Waals surface area contributed by atoms with Gasteiger partial charge in [-0.05, 0) is 20.9 Å². The van der Waals surface area contributed by atoms with E-state index < -0.39 is 10.8 Å². The lowest BCUT2D eigenvalue weighted by molar-refractivity contribution is -0.384. The summed E-state index contributed by atoms with van der Waals surface area (Å²) < 4.78 is 0. The van der Waals surface area contributed by atoms with Crippen LogP contribution in [0, 0.1) is 10.1 Å². The fourth-order valence-electron chi connectivity index (χ4n) is 1.54. The molecule has 0 saturated carbocycles. The van der Waals surface area contributed by atoms with Gasteiger partial charge in [0.2, 0.25) is 0 Å². The van der Waals surface area contributed by atoms with E-state index >= 15 is 0 Å². The number of rotatable bonds is 6. The van der Waals surface area contributed by atoms with Gasteiger partial charge in [0.15, 0.2) is 0 Å². The normalized spacial score (nSPS) is 11.0. The first-order valence-electron chi connectivity index (χ1n) is 6.36. The Morgan fingerprint density at radius 3 is 2.57 bits per heavy atom. The molecule has 1 amide bonds. The summed E-state index contributed by atoms with van der Waals surface area (Å²) in [6.45, 7) is 5.14. The minimum Gasteiger partial charge on any atom is -0.351 e. The van der Waals surface area contributed by atoms with Crippen molar-refractivity contribution in [2.75, 3.05) is 20.1 Å². The Kier molecular flexibility index (Phi) is 6.39. The van der Waals surface area contributed by atoms with Crippen molar-refractivity contribution in [3.63, 3.8) is 0 Å². The number of likely N-dealkylation sites (N-methyl/N-ethyl adjacent to an activating group) is 1. The molecule has 1 aromatic carbocycles. The molecule has 1 N–H and O–H groups in total. The van der Waals surface area contributed by atoms with Crippen LogP contribution < -0.4 is 5.32 Å². The number of nitro groups is 1. The van der Waals surface area contributed by atoms with Crippen molar-refractivity contribution >= 4 is 34.8 Å². The first kappa shape index (κ1) is 17.7. The number of carbonyl (C=O) groups is 1. The third-order valence-electron chi connectivity index (χ3n) is 3.10. The van der Waals surface area contributed by atoms with Gasteiger partial charge < -0.3 is 10.2 Å². The smallest absolute Gasteiger partial charge is 0.271 e. The van der Waals surface area contributed by atoms with Crippen molar-refractivity contribution in [1.82, 2.24) is 10.2 Å². The highest BCUT2D eigenvalue weighted by molar-refractivity contribution is 6.44. The maximum absolute atomic E-state index is 12.0. The Labute approximate surface area is 133 Å². The van der Waals surface area contributed by atoms with Crippen LogP contribution in [0.3, 0.4) is 0 Å². The van der Waals surface area contributed by atoms with E-state index in [-0.39, 0.29) is 21.3 Å². The molecule has 6 nitrogen and oxygen atoms in total. The number of benzene rings is 1. The predicted molar refractivity (Wildman–Crippen MR) is 83.2 cm³/mol. The fraction of sp³-hybridized carbons (Fsp3) is 0.462. The van der Waals surface area contributed by atoms with Crippen LogP contribution in [0.15, 0.2) is 12.1 Å². The van der Waals surface area contributed by atoms with Crippen molar-refractivity contribution in [3.8, 4) is 0 Å². The molecule has 0 spiro atoms. The molecule has 0 aliphatic carbocycles. The highest BCUT2D eigenvalue weighted by Crippen LogP contribution is 2.30. The number of hydrogen-bond acceptors (Lipinski definition) is 4. The van der Waals surface area contributed by atoms with Crippen LogP contribution in [0.5, 0.6) is 0 Å². The molecule has 1 rings (SSSR count). The predicted octanol–water partition coefficient (Wildman–Crippen LogP) is 2.97.